The van der Waals surface area contributed by atoms with Gasteiger partial charge < -0.3 is 30.3 Å². The number of ether oxygens (including phenoxy) is 1. The first kappa shape index (κ1) is 24.7. The number of amides is 3. The van der Waals surface area contributed by atoms with Crippen molar-refractivity contribution in [2.45, 2.75) is 39.7 Å². The van der Waals surface area contributed by atoms with Crippen molar-refractivity contribution in [3.05, 3.63) is 35.5 Å². The van der Waals surface area contributed by atoms with E-state index in [2.05, 4.69) is 29.4 Å². The van der Waals surface area contributed by atoms with Crippen LogP contribution in [0.1, 0.15) is 44.4 Å². The average Bonchev–Trinajstić information content (AvgIpc) is 2.84. The second kappa shape index (κ2) is 10.9. The Morgan fingerprint density at radius 1 is 1.17 bits per heavy atom. The molecule has 1 aromatic carbocycles. The average molecular weight is 483 g/mol. The van der Waals surface area contributed by atoms with Crippen LogP contribution < -0.4 is 15.5 Å². The lowest BCUT2D eigenvalue weighted by atomic mass is 9.86. The highest BCUT2D eigenvalue weighted by atomic mass is 16.5. The number of anilines is 2. The van der Waals surface area contributed by atoms with Gasteiger partial charge in [0.25, 0.3) is 0 Å². The van der Waals surface area contributed by atoms with Crippen LogP contribution in [-0.2, 0) is 11.3 Å². The minimum absolute atomic E-state index is 0.0328. The van der Waals surface area contributed by atoms with E-state index in [-0.39, 0.29) is 18.5 Å². The molecule has 1 unspecified atom stereocenters. The summed E-state index contributed by atoms with van der Waals surface area (Å²) in [6.07, 6.45) is -0.0740. The van der Waals surface area contributed by atoms with Crippen LogP contribution in [0.3, 0.4) is 0 Å². The number of rotatable bonds is 6. The van der Waals surface area contributed by atoms with Gasteiger partial charge in [0.2, 0.25) is 0 Å². The Morgan fingerprint density at radius 3 is 2.51 bits per heavy atom. The first-order valence-electron chi connectivity index (χ1n) is 12.2. The highest BCUT2D eigenvalue weighted by molar-refractivity contribution is 5.89. The number of carboxylic acid groups (broad SMARTS) is 1. The monoisotopic (exact) mass is 482 g/mol. The van der Waals surface area contributed by atoms with Crippen molar-refractivity contribution < 1.29 is 19.4 Å². The van der Waals surface area contributed by atoms with Gasteiger partial charge in [-0.25, -0.2) is 19.6 Å². The number of aromatic nitrogens is 2. The molecule has 1 atom stereocenters. The molecule has 0 spiro atoms. The smallest absolute Gasteiger partial charge is 0.407 e. The van der Waals surface area contributed by atoms with E-state index >= 15 is 0 Å². The van der Waals surface area contributed by atoms with Gasteiger partial charge in [-0.2, -0.15) is 0 Å². The van der Waals surface area contributed by atoms with Gasteiger partial charge in [-0.1, -0.05) is 13.8 Å². The molecule has 4 rings (SSSR count). The van der Waals surface area contributed by atoms with Crippen LogP contribution in [0.25, 0.3) is 11.4 Å². The van der Waals surface area contributed by atoms with Crippen molar-refractivity contribution in [2.24, 2.45) is 5.92 Å². The molecule has 0 saturated carbocycles. The Bertz CT molecular complexity index is 1050. The molecule has 1 fully saturated rings. The largest absolute Gasteiger partial charge is 0.465 e. The summed E-state index contributed by atoms with van der Waals surface area (Å²) < 4.78 is 5.57. The summed E-state index contributed by atoms with van der Waals surface area (Å²) in [5, 5.41) is 15.3. The molecule has 2 aliphatic heterocycles. The quantitative estimate of drug-likeness (QED) is 0.574. The lowest BCUT2D eigenvalue weighted by Gasteiger charge is -2.37. The van der Waals surface area contributed by atoms with Crippen molar-refractivity contribution in [1.29, 1.82) is 0 Å². The highest BCUT2D eigenvalue weighted by Gasteiger charge is 2.34. The molecule has 2 aliphatic rings. The third-order valence-electron chi connectivity index (χ3n) is 6.27. The van der Waals surface area contributed by atoms with Gasteiger partial charge in [0.1, 0.15) is 5.82 Å². The summed E-state index contributed by atoms with van der Waals surface area (Å²) in [5.74, 6) is 1.87. The maximum Gasteiger partial charge on any atom is 0.407 e. The van der Waals surface area contributed by atoms with Crippen LogP contribution in [0.5, 0.6) is 0 Å². The van der Waals surface area contributed by atoms with E-state index in [9.17, 15) is 14.7 Å². The summed E-state index contributed by atoms with van der Waals surface area (Å²) in [6.45, 7) is 10.1. The zero-order valence-electron chi connectivity index (χ0n) is 20.6. The van der Waals surface area contributed by atoms with Crippen molar-refractivity contribution in [1.82, 2.24) is 20.2 Å². The number of nitrogens with one attached hydrogen (secondary N) is 2. The van der Waals surface area contributed by atoms with Gasteiger partial charge >= 0.3 is 12.1 Å². The van der Waals surface area contributed by atoms with Gasteiger partial charge in [0.15, 0.2) is 5.82 Å². The number of carbonyl (C=O) groups is 2. The highest BCUT2D eigenvalue weighted by Crippen LogP contribution is 2.39. The summed E-state index contributed by atoms with van der Waals surface area (Å²) in [4.78, 5) is 37.3. The van der Waals surface area contributed by atoms with Crippen LogP contribution in [0.15, 0.2) is 24.3 Å². The SMILES string of the molecule is CCNC(=O)Nc1ccc(-c2nc3c(c(N4CCOCC4)n2)C(CC(C)C)CN(C(=O)O)C3)cc1. The van der Waals surface area contributed by atoms with Crippen LogP contribution in [0.2, 0.25) is 0 Å². The number of benzene rings is 1. The number of fused-ring (bicyclic) bond motifs is 1. The van der Waals surface area contributed by atoms with Crippen LogP contribution in [-0.4, -0.2) is 71.5 Å². The maximum absolute atomic E-state index is 11.9. The second-order valence-corrected chi connectivity index (χ2v) is 9.38. The van der Waals surface area contributed by atoms with Crippen molar-refractivity contribution in [2.75, 3.05) is 49.6 Å². The number of urea groups is 1. The summed E-state index contributed by atoms with van der Waals surface area (Å²) in [5.41, 5.74) is 3.30. The van der Waals surface area contributed by atoms with Crippen LogP contribution in [0.4, 0.5) is 21.1 Å². The molecular weight excluding hydrogens is 448 g/mol. The van der Waals surface area contributed by atoms with Gasteiger partial charge in [-0.3, -0.25) is 0 Å². The number of morpholine rings is 1. The lowest BCUT2D eigenvalue weighted by Crippen LogP contribution is -2.42. The van der Waals surface area contributed by atoms with Gasteiger partial charge in [-0.15, -0.1) is 0 Å². The molecule has 1 saturated heterocycles. The minimum Gasteiger partial charge on any atom is -0.465 e. The third kappa shape index (κ3) is 5.82. The normalized spacial score (nSPS) is 17.8. The standard InChI is InChI=1S/C25H34N6O4/c1-4-26-24(32)27-19-7-5-17(6-8-19)22-28-20-15-31(25(33)34)14-18(13-16(2)3)21(20)23(29-22)30-9-11-35-12-10-30/h5-8,16,18H,4,9-15H2,1-3H3,(H,33,34)(H2,26,27,32). The maximum atomic E-state index is 11.9. The third-order valence-corrected chi connectivity index (χ3v) is 6.27. The molecule has 188 valence electrons. The molecule has 0 radical (unpaired) electrons. The molecule has 10 nitrogen and oxygen atoms in total. The predicted molar refractivity (Wildman–Crippen MR) is 134 cm³/mol. The van der Waals surface area contributed by atoms with Crippen molar-refractivity contribution in [3.8, 4) is 11.4 Å². The fourth-order valence-electron chi connectivity index (χ4n) is 4.73. The Labute approximate surface area is 205 Å². The first-order chi connectivity index (χ1) is 16.9. The van der Waals surface area contributed by atoms with Crippen molar-refractivity contribution in [3.63, 3.8) is 0 Å². The lowest BCUT2D eigenvalue weighted by molar-refractivity contribution is 0.121. The Hall–Kier alpha value is -3.40. The fourth-order valence-corrected chi connectivity index (χ4v) is 4.73. The number of hydrogen-bond acceptors (Lipinski definition) is 6. The van der Waals surface area contributed by atoms with E-state index in [1.165, 1.54) is 4.90 Å². The van der Waals surface area contributed by atoms with Crippen molar-refractivity contribution >= 4 is 23.6 Å². The van der Waals surface area contributed by atoms with E-state index in [1.807, 2.05) is 31.2 Å². The number of hydrogen-bond donors (Lipinski definition) is 3. The number of carbonyl (C=O) groups excluding carboxylic acids is 1. The van der Waals surface area contributed by atoms with E-state index < -0.39 is 6.09 Å². The van der Waals surface area contributed by atoms with E-state index in [0.29, 0.717) is 43.7 Å². The van der Waals surface area contributed by atoms with E-state index in [4.69, 9.17) is 14.7 Å². The Morgan fingerprint density at radius 2 is 1.89 bits per heavy atom. The fraction of sp³-hybridized carbons (Fsp3) is 0.520. The molecule has 0 aliphatic carbocycles. The minimum atomic E-state index is -0.932. The zero-order chi connectivity index (χ0) is 24.9. The summed E-state index contributed by atoms with van der Waals surface area (Å²) in [6, 6.07) is 7.11. The summed E-state index contributed by atoms with van der Waals surface area (Å²) >= 11 is 0. The Balaban J connectivity index is 1.74. The molecule has 3 heterocycles. The van der Waals surface area contributed by atoms with Crippen LogP contribution >= 0.6 is 0 Å². The molecule has 3 amide bonds. The molecule has 0 bridgehead atoms. The van der Waals surface area contributed by atoms with E-state index in [1.54, 1.807) is 0 Å². The second-order valence-electron chi connectivity index (χ2n) is 9.38. The molecule has 35 heavy (non-hydrogen) atoms. The molecule has 10 heteroatoms. The molecule has 2 aromatic rings. The van der Waals surface area contributed by atoms with Gasteiger partial charge in [-0.05, 0) is 43.5 Å². The van der Waals surface area contributed by atoms with Gasteiger partial charge in [0, 0.05) is 48.9 Å². The zero-order valence-corrected chi connectivity index (χ0v) is 20.6. The van der Waals surface area contributed by atoms with Gasteiger partial charge in [0.05, 0.1) is 25.5 Å². The van der Waals surface area contributed by atoms with Crippen LogP contribution in [0, 0.1) is 5.92 Å². The summed E-state index contributed by atoms with van der Waals surface area (Å²) in [7, 11) is 0. The molecule has 3 N–H and O–H groups in total. The topological polar surface area (TPSA) is 120 Å². The Kier molecular flexibility index (Phi) is 7.70. The predicted octanol–water partition coefficient (Wildman–Crippen LogP) is 3.74. The molecular formula is C25H34N6O4. The molecule has 1 aromatic heterocycles. The van der Waals surface area contributed by atoms with E-state index in [0.717, 1.165) is 42.1 Å². The first-order valence-corrected chi connectivity index (χ1v) is 12.2. The number of nitrogens with zero attached hydrogens (tertiary/aromatic N) is 4.